The Morgan fingerprint density at radius 2 is 2.12 bits per heavy atom. The van der Waals surface area contributed by atoms with Crippen molar-refractivity contribution in [2.45, 2.75) is 38.8 Å². The van der Waals surface area contributed by atoms with Gasteiger partial charge in [-0.15, -0.1) is 5.10 Å². The third kappa shape index (κ3) is 3.00. The average molecular weight is 351 g/mol. The Morgan fingerprint density at radius 1 is 1.31 bits per heavy atom. The Balaban J connectivity index is 1.63. The Bertz CT molecular complexity index is 961. The van der Waals surface area contributed by atoms with Crippen LogP contribution in [0.25, 0.3) is 10.9 Å². The predicted molar refractivity (Wildman–Crippen MR) is 96.7 cm³/mol. The van der Waals surface area contributed by atoms with Crippen LogP contribution in [0.15, 0.2) is 36.7 Å². The van der Waals surface area contributed by atoms with Gasteiger partial charge in [0.15, 0.2) is 5.69 Å². The first kappa shape index (κ1) is 16.5. The van der Waals surface area contributed by atoms with Gasteiger partial charge >= 0.3 is 0 Å². The summed E-state index contributed by atoms with van der Waals surface area (Å²) >= 11 is 0. The molecule has 3 aromatic rings. The van der Waals surface area contributed by atoms with Crippen molar-refractivity contribution in [2.24, 2.45) is 5.92 Å². The maximum Gasteiger partial charge on any atom is 0.273 e. The third-order valence-electron chi connectivity index (χ3n) is 4.73. The van der Waals surface area contributed by atoms with Gasteiger partial charge in [0.05, 0.1) is 18.3 Å². The van der Waals surface area contributed by atoms with Crippen molar-refractivity contribution in [2.75, 3.05) is 0 Å². The molecule has 7 heteroatoms. The summed E-state index contributed by atoms with van der Waals surface area (Å²) in [5.41, 5.74) is 1.47. The first-order valence-electron chi connectivity index (χ1n) is 8.84. The molecule has 0 aliphatic heterocycles. The zero-order chi connectivity index (χ0) is 18.3. The standard InChI is InChI=1S/C19H21N5O2/c1-11(2)16(14-8-5-12-4-3-9-20-17(12)18(14)25)21-19(26)15-10-24(23-22-15)13-6-7-13/h3-5,8-11,13,16,25H,6-7H2,1-2H3,(H,21,26). The first-order chi connectivity index (χ1) is 12.5. The van der Waals surface area contributed by atoms with Crippen LogP contribution in [0.5, 0.6) is 5.75 Å². The van der Waals surface area contributed by atoms with Crippen LogP contribution in [-0.2, 0) is 0 Å². The minimum atomic E-state index is -0.361. The maximum atomic E-state index is 12.6. The molecule has 2 heterocycles. The Morgan fingerprint density at radius 3 is 2.85 bits per heavy atom. The number of hydrogen-bond donors (Lipinski definition) is 2. The number of fused-ring (bicyclic) bond motifs is 1. The molecule has 0 spiro atoms. The van der Waals surface area contributed by atoms with E-state index in [1.165, 1.54) is 0 Å². The number of benzene rings is 1. The second-order valence-corrected chi connectivity index (χ2v) is 7.09. The van der Waals surface area contributed by atoms with Crippen molar-refractivity contribution >= 4 is 16.8 Å². The van der Waals surface area contributed by atoms with E-state index in [4.69, 9.17) is 0 Å². The van der Waals surface area contributed by atoms with E-state index in [1.54, 1.807) is 17.1 Å². The lowest BCUT2D eigenvalue weighted by Gasteiger charge is -2.23. The van der Waals surface area contributed by atoms with E-state index < -0.39 is 0 Å². The number of phenolic OH excluding ortho intramolecular Hbond substituents is 1. The van der Waals surface area contributed by atoms with Crippen molar-refractivity contribution in [1.29, 1.82) is 0 Å². The number of aromatic nitrogens is 4. The summed E-state index contributed by atoms with van der Waals surface area (Å²) in [7, 11) is 0. The van der Waals surface area contributed by atoms with E-state index in [9.17, 15) is 9.90 Å². The highest BCUT2D eigenvalue weighted by atomic mass is 16.3. The molecule has 26 heavy (non-hydrogen) atoms. The zero-order valence-electron chi connectivity index (χ0n) is 14.8. The van der Waals surface area contributed by atoms with Crippen LogP contribution in [0.4, 0.5) is 0 Å². The number of carbonyl (C=O) groups excluding carboxylic acids is 1. The minimum Gasteiger partial charge on any atom is -0.505 e. The summed E-state index contributed by atoms with van der Waals surface area (Å²) in [6.45, 7) is 3.99. The van der Waals surface area contributed by atoms with Crippen molar-refractivity contribution in [1.82, 2.24) is 25.3 Å². The molecule has 2 aromatic heterocycles. The van der Waals surface area contributed by atoms with Gasteiger partial charge in [-0.3, -0.25) is 9.78 Å². The average Bonchev–Trinajstić information content (AvgIpc) is 3.37. The smallest absolute Gasteiger partial charge is 0.273 e. The van der Waals surface area contributed by atoms with Crippen LogP contribution >= 0.6 is 0 Å². The molecular formula is C19H21N5O2. The van der Waals surface area contributed by atoms with Gasteiger partial charge in [0.25, 0.3) is 5.91 Å². The molecule has 7 nitrogen and oxygen atoms in total. The van der Waals surface area contributed by atoms with Gasteiger partial charge in [0.1, 0.15) is 11.3 Å². The summed E-state index contributed by atoms with van der Waals surface area (Å²) in [4.78, 5) is 16.9. The van der Waals surface area contributed by atoms with Gasteiger partial charge in [-0.2, -0.15) is 0 Å². The fourth-order valence-electron chi connectivity index (χ4n) is 3.11. The maximum absolute atomic E-state index is 12.6. The third-order valence-corrected chi connectivity index (χ3v) is 4.73. The van der Waals surface area contributed by atoms with Gasteiger partial charge in [-0.1, -0.05) is 37.3 Å². The second kappa shape index (κ2) is 6.40. The van der Waals surface area contributed by atoms with Gasteiger partial charge in [0, 0.05) is 17.1 Å². The quantitative estimate of drug-likeness (QED) is 0.737. The molecule has 4 rings (SSSR count). The number of aromatic hydroxyl groups is 1. The van der Waals surface area contributed by atoms with Gasteiger partial charge in [-0.05, 0) is 24.8 Å². The van der Waals surface area contributed by atoms with Crippen molar-refractivity contribution in [3.05, 3.63) is 47.9 Å². The molecule has 1 aromatic carbocycles. The number of carbonyl (C=O) groups is 1. The number of amides is 1. The summed E-state index contributed by atoms with van der Waals surface area (Å²) in [5.74, 6) is -0.121. The van der Waals surface area contributed by atoms with Gasteiger partial charge < -0.3 is 10.4 Å². The van der Waals surface area contributed by atoms with Crippen LogP contribution in [0.2, 0.25) is 0 Å². The van der Waals surface area contributed by atoms with E-state index in [1.807, 2.05) is 38.1 Å². The molecule has 1 saturated carbocycles. The highest BCUT2D eigenvalue weighted by Crippen LogP contribution is 2.35. The normalized spacial score (nSPS) is 15.3. The van der Waals surface area contributed by atoms with Crippen LogP contribution in [0.1, 0.15) is 54.8 Å². The second-order valence-electron chi connectivity index (χ2n) is 7.09. The summed E-state index contributed by atoms with van der Waals surface area (Å²) in [5, 5.41) is 22.5. The molecule has 134 valence electrons. The predicted octanol–water partition coefficient (Wildman–Crippen LogP) is 2.99. The van der Waals surface area contributed by atoms with Crippen molar-refractivity contribution in [3.8, 4) is 5.75 Å². The summed E-state index contributed by atoms with van der Waals surface area (Å²) in [6.07, 6.45) is 5.49. The van der Waals surface area contributed by atoms with E-state index >= 15 is 0 Å². The number of nitrogens with zero attached hydrogens (tertiary/aromatic N) is 4. The molecule has 1 aliphatic rings. The van der Waals surface area contributed by atoms with Crippen LogP contribution in [0.3, 0.4) is 0 Å². The van der Waals surface area contributed by atoms with Gasteiger partial charge in [0.2, 0.25) is 0 Å². The number of nitrogens with one attached hydrogen (secondary N) is 1. The molecule has 2 N–H and O–H groups in total. The molecular weight excluding hydrogens is 330 g/mol. The monoisotopic (exact) mass is 351 g/mol. The molecule has 1 aliphatic carbocycles. The number of rotatable bonds is 5. The summed E-state index contributed by atoms with van der Waals surface area (Å²) < 4.78 is 1.75. The van der Waals surface area contributed by atoms with Gasteiger partial charge in [-0.25, -0.2) is 4.68 Å². The van der Waals surface area contributed by atoms with E-state index in [0.29, 0.717) is 22.8 Å². The van der Waals surface area contributed by atoms with Crippen LogP contribution in [-0.4, -0.2) is 31.0 Å². The molecule has 1 unspecified atom stereocenters. The number of pyridine rings is 1. The van der Waals surface area contributed by atoms with Crippen molar-refractivity contribution < 1.29 is 9.90 Å². The largest absolute Gasteiger partial charge is 0.505 e. The fourth-order valence-corrected chi connectivity index (χ4v) is 3.11. The Labute approximate surface area is 151 Å². The topological polar surface area (TPSA) is 92.9 Å². The molecule has 0 radical (unpaired) electrons. The number of phenols is 1. The lowest BCUT2D eigenvalue weighted by Crippen LogP contribution is -2.32. The van der Waals surface area contributed by atoms with Crippen LogP contribution in [0, 0.1) is 5.92 Å². The van der Waals surface area contributed by atoms with Crippen molar-refractivity contribution in [3.63, 3.8) is 0 Å². The molecule has 1 atom stereocenters. The highest BCUT2D eigenvalue weighted by Gasteiger charge is 2.28. The molecule has 0 saturated heterocycles. The minimum absolute atomic E-state index is 0.0736. The molecule has 0 bridgehead atoms. The van der Waals surface area contributed by atoms with E-state index in [-0.39, 0.29) is 23.6 Å². The Hall–Kier alpha value is -2.96. The highest BCUT2D eigenvalue weighted by molar-refractivity contribution is 5.92. The lowest BCUT2D eigenvalue weighted by atomic mass is 9.94. The van der Waals surface area contributed by atoms with E-state index in [2.05, 4.69) is 20.6 Å². The SMILES string of the molecule is CC(C)C(NC(=O)c1cn(C2CC2)nn1)c1ccc2cccnc2c1O. The number of hydrogen-bond acceptors (Lipinski definition) is 5. The molecule has 1 fully saturated rings. The zero-order valence-corrected chi connectivity index (χ0v) is 14.8. The lowest BCUT2D eigenvalue weighted by molar-refractivity contribution is 0.0920. The first-order valence-corrected chi connectivity index (χ1v) is 8.84. The van der Waals surface area contributed by atoms with Crippen LogP contribution < -0.4 is 5.32 Å². The summed E-state index contributed by atoms with van der Waals surface area (Å²) in [6, 6.07) is 7.48. The molecule has 1 amide bonds. The van der Waals surface area contributed by atoms with E-state index in [0.717, 1.165) is 18.2 Å². The Kier molecular flexibility index (Phi) is 4.06. The fraction of sp³-hybridized carbons (Fsp3) is 0.368.